The molecule has 0 atom stereocenters. The Kier molecular flexibility index (Phi) is 4.98. The molecule has 0 aliphatic heterocycles. The number of aromatic nitrogens is 1. The van der Waals surface area contributed by atoms with Gasteiger partial charge in [-0.25, -0.2) is 9.78 Å². The third-order valence-electron chi connectivity index (χ3n) is 2.81. The van der Waals surface area contributed by atoms with Gasteiger partial charge >= 0.3 is 5.97 Å². The molecule has 2 aromatic rings. The average Bonchev–Trinajstić information content (AvgIpc) is 2.54. The van der Waals surface area contributed by atoms with Gasteiger partial charge in [0.1, 0.15) is 5.69 Å². The largest absolute Gasteiger partial charge is 0.461 e. The van der Waals surface area contributed by atoms with Crippen LogP contribution in [0, 0.1) is 10.1 Å². The van der Waals surface area contributed by atoms with Gasteiger partial charge in [-0.3, -0.25) is 10.1 Å². The van der Waals surface area contributed by atoms with E-state index in [4.69, 9.17) is 4.74 Å². The zero-order chi connectivity index (χ0) is 15.9. The number of pyridine rings is 1. The summed E-state index contributed by atoms with van der Waals surface area (Å²) in [6, 6.07) is 11.2. The molecule has 2 rings (SSSR count). The fourth-order valence-electron chi connectivity index (χ4n) is 1.75. The highest BCUT2D eigenvalue weighted by Gasteiger charge is 2.07. The minimum atomic E-state index is -0.465. The number of carbonyl (C=O) groups is 1. The van der Waals surface area contributed by atoms with E-state index in [0.29, 0.717) is 12.3 Å². The summed E-state index contributed by atoms with van der Waals surface area (Å²) in [5.41, 5.74) is 1.69. The normalized spacial score (nSPS) is 10.6. The van der Waals surface area contributed by atoms with Gasteiger partial charge in [0.2, 0.25) is 0 Å². The summed E-state index contributed by atoms with van der Waals surface area (Å²) in [5, 5.41) is 10.6. The molecule has 22 heavy (non-hydrogen) atoms. The third-order valence-corrected chi connectivity index (χ3v) is 2.81. The summed E-state index contributed by atoms with van der Waals surface area (Å²) in [7, 11) is 0. The highest BCUT2D eigenvalue weighted by molar-refractivity contribution is 5.87. The second-order valence-electron chi connectivity index (χ2n) is 4.35. The summed E-state index contributed by atoms with van der Waals surface area (Å²) in [4.78, 5) is 25.9. The Bertz CT molecular complexity index is 708. The summed E-state index contributed by atoms with van der Waals surface area (Å²) in [5.74, 6) is -0.465. The number of rotatable bonds is 5. The molecule has 1 heterocycles. The minimum absolute atomic E-state index is 0.0413. The van der Waals surface area contributed by atoms with Crippen LogP contribution in [0.15, 0.2) is 42.5 Å². The number of non-ortho nitro benzene ring substituents is 1. The lowest BCUT2D eigenvalue weighted by molar-refractivity contribution is -0.384. The molecule has 0 spiro atoms. The maximum atomic E-state index is 11.6. The first-order valence-corrected chi connectivity index (χ1v) is 6.67. The van der Waals surface area contributed by atoms with Gasteiger partial charge in [-0.15, -0.1) is 0 Å². The van der Waals surface area contributed by atoms with Gasteiger partial charge in [0.15, 0.2) is 0 Å². The van der Waals surface area contributed by atoms with Gasteiger partial charge in [0.05, 0.1) is 17.2 Å². The molecule has 0 unspecified atom stereocenters. The van der Waals surface area contributed by atoms with E-state index >= 15 is 0 Å². The smallest absolute Gasteiger partial charge is 0.356 e. The molecular weight excluding hydrogens is 284 g/mol. The summed E-state index contributed by atoms with van der Waals surface area (Å²) in [6.45, 7) is 2.03. The molecule has 0 fully saturated rings. The van der Waals surface area contributed by atoms with Crippen molar-refractivity contribution in [1.29, 1.82) is 0 Å². The van der Waals surface area contributed by atoms with E-state index in [1.807, 2.05) is 0 Å². The van der Waals surface area contributed by atoms with Crippen LogP contribution < -0.4 is 0 Å². The second-order valence-corrected chi connectivity index (χ2v) is 4.35. The Balaban J connectivity index is 2.14. The van der Waals surface area contributed by atoms with Gasteiger partial charge in [-0.05, 0) is 42.8 Å². The fourth-order valence-corrected chi connectivity index (χ4v) is 1.75. The molecule has 0 amide bonds. The maximum Gasteiger partial charge on any atom is 0.356 e. The number of ether oxygens (including phenoxy) is 1. The molecule has 0 N–H and O–H groups in total. The Morgan fingerprint density at radius 2 is 1.95 bits per heavy atom. The Hall–Kier alpha value is -3.02. The molecule has 6 nitrogen and oxygen atoms in total. The van der Waals surface area contributed by atoms with Crippen LogP contribution in [0.1, 0.15) is 28.7 Å². The number of nitrogens with zero attached hydrogens (tertiary/aromatic N) is 2. The first-order valence-electron chi connectivity index (χ1n) is 6.67. The molecule has 0 radical (unpaired) electrons. The van der Waals surface area contributed by atoms with Gasteiger partial charge in [-0.1, -0.05) is 12.1 Å². The molecule has 0 bridgehead atoms. The van der Waals surface area contributed by atoms with Crippen LogP contribution in [0.25, 0.3) is 12.2 Å². The summed E-state index contributed by atoms with van der Waals surface area (Å²) >= 11 is 0. The molecule has 0 aliphatic rings. The summed E-state index contributed by atoms with van der Waals surface area (Å²) < 4.78 is 4.89. The lowest BCUT2D eigenvalue weighted by atomic mass is 10.2. The van der Waals surface area contributed by atoms with Crippen molar-refractivity contribution in [3.8, 4) is 0 Å². The van der Waals surface area contributed by atoms with Crippen molar-refractivity contribution < 1.29 is 14.5 Å². The zero-order valence-corrected chi connectivity index (χ0v) is 11.9. The first kappa shape index (κ1) is 15.4. The molecule has 6 heteroatoms. The van der Waals surface area contributed by atoms with Gasteiger partial charge in [0.25, 0.3) is 5.69 Å². The summed E-state index contributed by atoms with van der Waals surface area (Å²) in [6.07, 6.45) is 3.49. The van der Waals surface area contributed by atoms with Crippen molar-refractivity contribution in [3.05, 3.63) is 69.5 Å². The number of carbonyl (C=O) groups excluding carboxylic acids is 1. The monoisotopic (exact) mass is 298 g/mol. The van der Waals surface area contributed by atoms with Crippen molar-refractivity contribution >= 4 is 23.8 Å². The fraction of sp³-hybridized carbons (Fsp3) is 0.125. The molecule has 1 aromatic carbocycles. The van der Waals surface area contributed by atoms with E-state index in [-0.39, 0.29) is 11.4 Å². The molecule has 0 saturated heterocycles. The number of hydrogen-bond donors (Lipinski definition) is 0. The van der Waals surface area contributed by atoms with E-state index in [1.165, 1.54) is 12.1 Å². The highest BCUT2D eigenvalue weighted by atomic mass is 16.6. The maximum absolute atomic E-state index is 11.6. The second kappa shape index (κ2) is 7.12. The Morgan fingerprint density at radius 1 is 1.23 bits per heavy atom. The van der Waals surface area contributed by atoms with Crippen molar-refractivity contribution in [2.24, 2.45) is 0 Å². The standard InChI is InChI=1S/C16H14N2O4/c1-2-22-16(19)15-5-3-4-13(17-15)9-6-12-7-10-14(11-8-12)18(20)21/h3-11H,2H2,1H3. The van der Waals surface area contributed by atoms with Gasteiger partial charge < -0.3 is 4.74 Å². The number of benzene rings is 1. The predicted octanol–water partition coefficient (Wildman–Crippen LogP) is 3.34. The quantitative estimate of drug-likeness (QED) is 0.480. The molecule has 0 aliphatic carbocycles. The van der Waals surface area contributed by atoms with Crippen molar-refractivity contribution in [2.75, 3.05) is 6.61 Å². The molecule has 1 aromatic heterocycles. The lowest BCUT2D eigenvalue weighted by Crippen LogP contribution is -2.07. The topological polar surface area (TPSA) is 82.3 Å². The van der Waals surface area contributed by atoms with Crippen molar-refractivity contribution in [3.63, 3.8) is 0 Å². The SMILES string of the molecule is CCOC(=O)c1cccc(C=Cc2ccc([N+](=O)[O-])cc2)n1. The minimum Gasteiger partial charge on any atom is -0.461 e. The van der Waals surface area contributed by atoms with Crippen LogP contribution in [-0.4, -0.2) is 22.5 Å². The van der Waals surface area contributed by atoms with Crippen LogP contribution in [0.3, 0.4) is 0 Å². The van der Waals surface area contributed by atoms with Crippen molar-refractivity contribution in [2.45, 2.75) is 6.92 Å². The first-order chi connectivity index (χ1) is 10.6. The number of hydrogen-bond acceptors (Lipinski definition) is 5. The van der Waals surface area contributed by atoms with Gasteiger partial charge in [0, 0.05) is 12.1 Å². The molecule has 112 valence electrons. The lowest BCUT2D eigenvalue weighted by Gasteiger charge is -2.01. The zero-order valence-electron chi connectivity index (χ0n) is 11.9. The van der Waals surface area contributed by atoms with E-state index in [2.05, 4.69) is 4.98 Å². The number of nitro groups is 1. The van der Waals surface area contributed by atoms with Gasteiger partial charge in [-0.2, -0.15) is 0 Å². The van der Waals surface area contributed by atoms with E-state index < -0.39 is 10.9 Å². The highest BCUT2D eigenvalue weighted by Crippen LogP contribution is 2.14. The van der Waals surface area contributed by atoms with Crippen LogP contribution in [0.4, 0.5) is 5.69 Å². The van der Waals surface area contributed by atoms with Crippen LogP contribution in [0.2, 0.25) is 0 Å². The van der Waals surface area contributed by atoms with Crippen molar-refractivity contribution in [1.82, 2.24) is 4.98 Å². The van der Waals surface area contributed by atoms with Crippen LogP contribution in [0.5, 0.6) is 0 Å². The number of esters is 1. The van der Waals surface area contributed by atoms with E-state index in [9.17, 15) is 14.9 Å². The average molecular weight is 298 g/mol. The Labute approximate surface area is 127 Å². The molecule has 0 saturated carbocycles. The number of nitro benzene ring substituents is 1. The Morgan fingerprint density at radius 3 is 2.59 bits per heavy atom. The predicted molar refractivity (Wildman–Crippen MR) is 82.2 cm³/mol. The third kappa shape index (κ3) is 3.99. The van der Waals surface area contributed by atoms with E-state index in [1.54, 1.807) is 49.4 Å². The molecular formula is C16H14N2O4. The van der Waals surface area contributed by atoms with Crippen LogP contribution in [-0.2, 0) is 4.74 Å². The van der Waals surface area contributed by atoms with Crippen LogP contribution >= 0.6 is 0 Å². The van der Waals surface area contributed by atoms with E-state index in [0.717, 1.165) is 5.56 Å².